The zero-order valence-electron chi connectivity index (χ0n) is 15.3. The van der Waals surface area contributed by atoms with Gasteiger partial charge in [0.2, 0.25) is 0 Å². The van der Waals surface area contributed by atoms with Gasteiger partial charge in [0.1, 0.15) is 0 Å². The zero-order valence-corrected chi connectivity index (χ0v) is 15.3. The molecule has 0 unspecified atom stereocenters. The van der Waals surface area contributed by atoms with Crippen molar-refractivity contribution in [2.75, 3.05) is 52.9 Å². The van der Waals surface area contributed by atoms with Gasteiger partial charge in [-0.2, -0.15) is 0 Å². The summed E-state index contributed by atoms with van der Waals surface area (Å²) >= 11 is 0. The van der Waals surface area contributed by atoms with Gasteiger partial charge in [-0.05, 0) is 12.8 Å². The molecule has 0 heterocycles. The first-order valence-corrected chi connectivity index (χ1v) is 8.49. The lowest BCUT2D eigenvalue weighted by Gasteiger charge is -2.09. The van der Waals surface area contributed by atoms with Crippen molar-refractivity contribution < 1.29 is 58.6 Å². The molecule has 12 nitrogen and oxygen atoms in total. The lowest BCUT2D eigenvalue weighted by atomic mass is 10.1. The number of carbonyl (C=O) groups is 4. The van der Waals surface area contributed by atoms with Crippen molar-refractivity contribution in [1.29, 1.82) is 0 Å². The molecule has 12 heteroatoms. The maximum absolute atomic E-state index is 10.6. The van der Waals surface area contributed by atoms with Gasteiger partial charge in [-0.15, -0.1) is 0 Å². The van der Waals surface area contributed by atoms with Gasteiger partial charge in [0.25, 0.3) is 0 Å². The van der Waals surface area contributed by atoms with Gasteiger partial charge >= 0.3 is 23.9 Å². The first-order valence-electron chi connectivity index (χ1n) is 8.49. The molecule has 0 saturated heterocycles. The summed E-state index contributed by atoms with van der Waals surface area (Å²) in [6, 6.07) is 0. The van der Waals surface area contributed by atoms with Crippen molar-refractivity contribution in [3.63, 3.8) is 0 Å². The summed E-state index contributed by atoms with van der Waals surface area (Å²) in [5.41, 5.74) is 0. The third-order valence-corrected chi connectivity index (χ3v) is 3.41. The molecule has 4 N–H and O–H groups in total. The van der Waals surface area contributed by atoms with E-state index in [2.05, 4.69) is 0 Å². The van der Waals surface area contributed by atoms with Crippen LogP contribution in [0.4, 0.5) is 0 Å². The van der Waals surface area contributed by atoms with Crippen LogP contribution in [0.2, 0.25) is 0 Å². The molecule has 0 radical (unpaired) electrons. The number of carboxylic acids is 4. The normalized spacial score (nSPS) is 11.1. The van der Waals surface area contributed by atoms with E-state index in [0.29, 0.717) is 0 Å². The topological polar surface area (TPSA) is 186 Å². The first kappa shape index (κ1) is 25.7. The van der Waals surface area contributed by atoms with Crippen molar-refractivity contribution in [3.05, 3.63) is 0 Å². The maximum atomic E-state index is 10.6. The molecule has 0 bridgehead atoms. The fraction of sp³-hybridized carbons (Fsp3) is 0.750. The zero-order chi connectivity index (χ0) is 21.4. The lowest BCUT2D eigenvalue weighted by molar-refractivity contribution is -0.157. The van der Waals surface area contributed by atoms with Crippen molar-refractivity contribution in [3.8, 4) is 0 Å². The van der Waals surface area contributed by atoms with E-state index >= 15 is 0 Å². The second-order valence-corrected chi connectivity index (χ2v) is 5.48. The third-order valence-electron chi connectivity index (χ3n) is 3.41. The molecule has 0 spiro atoms. The monoisotopic (exact) mass is 410 g/mol. The van der Waals surface area contributed by atoms with Gasteiger partial charge in [-0.1, -0.05) is 0 Å². The Kier molecular flexibility index (Phi) is 14.5. The molecule has 0 aliphatic heterocycles. The molecular formula is C16H26O12. The third kappa shape index (κ3) is 13.0. The summed E-state index contributed by atoms with van der Waals surface area (Å²) in [6.07, 6.45) is -0.263. The highest BCUT2D eigenvalue weighted by molar-refractivity contribution is 5.93. The number of rotatable bonds is 19. The smallest absolute Gasteiger partial charge is 0.317 e. The largest absolute Gasteiger partial charge is 0.481 e. The number of aliphatic carboxylic acids is 4. The van der Waals surface area contributed by atoms with Crippen LogP contribution in [-0.2, 0) is 38.1 Å². The number of hydrogen-bond acceptors (Lipinski definition) is 8. The molecule has 0 aromatic heterocycles. The van der Waals surface area contributed by atoms with Gasteiger partial charge in [0.05, 0.1) is 39.6 Å². The Hall–Kier alpha value is -2.28. The van der Waals surface area contributed by atoms with Crippen molar-refractivity contribution in [2.45, 2.75) is 12.8 Å². The van der Waals surface area contributed by atoms with E-state index in [1.54, 1.807) is 0 Å². The molecule has 0 aromatic rings. The lowest BCUT2D eigenvalue weighted by Crippen LogP contribution is -2.25. The van der Waals surface area contributed by atoms with Crippen LogP contribution in [-0.4, -0.2) is 97.2 Å². The molecule has 0 fully saturated rings. The van der Waals surface area contributed by atoms with Crippen LogP contribution in [0.25, 0.3) is 0 Å². The quantitative estimate of drug-likeness (QED) is 0.157. The predicted molar refractivity (Wildman–Crippen MR) is 90.0 cm³/mol. The molecule has 162 valence electrons. The highest BCUT2D eigenvalue weighted by Gasteiger charge is 2.25. The first-order chi connectivity index (χ1) is 13.3. The molecule has 0 atom stereocenters. The average molecular weight is 410 g/mol. The minimum Gasteiger partial charge on any atom is -0.481 e. The second kappa shape index (κ2) is 15.7. The van der Waals surface area contributed by atoms with Gasteiger partial charge < -0.3 is 39.4 Å². The highest BCUT2D eigenvalue weighted by Crippen LogP contribution is 2.04. The minimum atomic E-state index is -1.49. The Labute approximate surface area is 160 Å². The van der Waals surface area contributed by atoms with Crippen molar-refractivity contribution in [1.82, 2.24) is 0 Å². The summed E-state index contributed by atoms with van der Waals surface area (Å²) in [6.45, 7) is 1.36. The van der Waals surface area contributed by atoms with E-state index in [-0.39, 0.29) is 65.7 Å². The fourth-order valence-electron chi connectivity index (χ4n) is 1.87. The number of carboxylic acid groups (broad SMARTS) is 4. The van der Waals surface area contributed by atoms with Crippen LogP contribution in [0.3, 0.4) is 0 Å². The summed E-state index contributed by atoms with van der Waals surface area (Å²) in [7, 11) is 0. The van der Waals surface area contributed by atoms with Crippen LogP contribution in [0, 0.1) is 11.8 Å². The summed E-state index contributed by atoms with van der Waals surface area (Å²) in [5, 5.41) is 34.7. The van der Waals surface area contributed by atoms with Crippen molar-refractivity contribution in [2.24, 2.45) is 11.8 Å². The maximum Gasteiger partial charge on any atom is 0.317 e. The van der Waals surface area contributed by atoms with Crippen LogP contribution in [0.1, 0.15) is 12.8 Å². The van der Waals surface area contributed by atoms with Crippen LogP contribution < -0.4 is 0 Å². The Morgan fingerprint density at radius 3 is 0.893 bits per heavy atom. The van der Waals surface area contributed by atoms with Gasteiger partial charge in [0, 0.05) is 13.2 Å². The molecular weight excluding hydrogens is 384 g/mol. The van der Waals surface area contributed by atoms with Crippen molar-refractivity contribution >= 4 is 23.9 Å². The van der Waals surface area contributed by atoms with E-state index in [9.17, 15) is 19.2 Å². The molecule has 0 aromatic carbocycles. The predicted octanol–water partition coefficient (Wildman–Crippen LogP) is -0.596. The molecule has 0 aliphatic rings. The second-order valence-electron chi connectivity index (χ2n) is 5.48. The number of ether oxygens (including phenoxy) is 4. The van der Waals surface area contributed by atoms with E-state index in [1.807, 2.05) is 0 Å². The van der Waals surface area contributed by atoms with Gasteiger partial charge in [0.15, 0.2) is 11.8 Å². The van der Waals surface area contributed by atoms with E-state index < -0.39 is 35.7 Å². The Morgan fingerprint density at radius 2 is 0.679 bits per heavy atom. The highest BCUT2D eigenvalue weighted by atomic mass is 16.6. The summed E-state index contributed by atoms with van der Waals surface area (Å²) in [5.74, 6) is -8.60. The molecule has 0 amide bonds. The Balaban J connectivity index is 3.42. The molecule has 0 saturated carbocycles. The molecule has 28 heavy (non-hydrogen) atoms. The average Bonchev–Trinajstić information content (AvgIpc) is 2.59. The summed E-state index contributed by atoms with van der Waals surface area (Å²) < 4.78 is 20.6. The SMILES string of the molecule is O=C(O)C(CCOCCOCCOCCOCCC(C(=O)O)C(=O)O)C(=O)O. The van der Waals surface area contributed by atoms with Gasteiger partial charge in [-0.3, -0.25) is 19.2 Å². The van der Waals surface area contributed by atoms with Crippen LogP contribution in [0.5, 0.6) is 0 Å². The Morgan fingerprint density at radius 1 is 0.464 bits per heavy atom. The van der Waals surface area contributed by atoms with Crippen LogP contribution in [0.15, 0.2) is 0 Å². The molecule has 0 rings (SSSR count). The summed E-state index contributed by atoms with van der Waals surface area (Å²) in [4.78, 5) is 42.6. The van der Waals surface area contributed by atoms with Gasteiger partial charge in [-0.25, -0.2) is 0 Å². The Bertz CT molecular complexity index is 420. The molecule has 0 aliphatic carbocycles. The van der Waals surface area contributed by atoms with E-state index in [0.717, 1.165) is 0 Å². The number of hydrogen-bond donors (Lipinski definition) is 4. The van der Waals surface area contributed by atoms with E-state index in [1.165, 1.54) is 0 Å². The minimum absolute atomic E-state index is 0.00885. The standard InChI is InChI=1S/C16H26O12/c17-13(18)11(14(19)20)1-3-25-5-7-27-9-10-28-8-6-26-4-2-12(15(21)22)16(23)24/h11-12H,1-10H2,(H,17,18)(H,19,20)(H,21,22)(H,23,24). The van der Waals surface area contributed by atoms with E-state index in [4.69, 9.17) is 39.4 Å². The van der Waals surface area contributed by atoms with Crippen LogP contribution >= 0.6 is 0 Å². The fourth-order valence-corrected chi connectivity index (χ4v) is 1.87.